The summed E-state index contributed by atoms with van der Waals surface area (Å²) in [7, 11) is 0. The number of ether oxygens (including phenoxy) is 1. The molecule has 2 rings (SSSR count). The molecule has 0 aromatic carbocycles. The third-order valence-corrected chi connectivity index (χ3v) is 3.80. The zero-order valence-corrected chi connectivity index (χ0v) is 12.2. The van der Waals surface area contributed by atoms with Crippen LogP contribution in [0.5, 0.6) is 0 Å². The van der Waals surface area contributed by atoms with Crippen molar-refractivity contribution < 1.29 is 9.53 Å². The number of hydrogen-bond acceptors (Lipinski definition) is 5. The Morgan fingerprint density at radius 1 is 1.60 bits per heavy atom. The van der Waals surface area contributed by atoms with Gasteiger partial charge in [-0.3, -0.25) is 0 Å². The SMILES string of the molecule is CCOC(=O)c1cccnc1N1CCC(C)CC1CN. The van der Waals surface area contributed by atoms with Gasteiger partial charge in [-0.1, -0.05) is 6.92 Å². The maximum absolute atomic E-state index is 12.0. The fraction of sp³-hybridized carbons (Fsp3) is 0.600. The van der Waals surface area contributed by atoms with Crippen molar-refractivity contribution in [3.63, 3.8) is 0 Å². The summed E-state index contributed by atoms with van der Waals surface area (Å²) >= 11 is 0. The Morgan fingerprint density at radius 2 is 2.40 bits per heavy atom. The molecule has 1 aromatic heterocycles. The van der Waals surface area contributed by atoms with Crippen LogP contribution in [-0.2, 0) is 4.74 Å². The van der Waals surface area contributed by atoms with E-state index in [-0.39, 0.29) is 12.0 Å². The lowest BCUT2D eigenvalue weighted by Gasteiger charge is -2.39. The number of rotatable bonds is 4. The molecule has 0 aliphatic carbocycles. The smallest absolute Gasteiger partial charge is 0.341 e. The zero-order chi connectivity index (χ0) is 14.5. The van der Waals surface area contributed by atoms with Gasteiger partial charge < -0.3 is 15.4 Å². The average Bonchev–Trinajstić information content (AvgIpc) is 2.47. The number of nitrogens with two attached hydrogens (primary N) is 1. The Hall–Kier alpha value is -1.62. The predicted molar refractivity (Wildman–Crippen MR) is 78.8 cm³/mol. The molecule has 0 radical (unpaired) electrons. The average molecular weight is 277 g/mol. The topological polar surface area (TPSA) is 68.5 Å². The number of carbonyl (C=O) groups is 1. The summed E-state index contributed by atoms with van der Waals surface area (Å²) in [5, 5.41) is 0. The summed E-state index contributed by atoms with van der Waals surface area (Å²) in [5.41, 5.74) is 6.42. The fourth-order valence-electron chi connectivity index (χ4n) is 2.75. The number of aromatic nitrogens is 1. The predicted octanol–water partition coefficient (Wildman–Crippen LogP) is 1.82. The third kappa shape index (κ3) is 3.10. The molecule has 1 saturated heterocycles. The molecule has 0 bridgehead atoms. The molecule has 1 aliphatic heterocycles. The van der Waals surface area contributed by atoms with Gasteiger partial charge >= 0.3 is 5.97 Å². The van der Waals surface area contributed by atoms with Crippen molar-refractivity contribution in [3.05, 3.63) is 23.9 Å². The minimum Gasteiger partial charge on any atom is -0.462 e. The molecule has 1 fully saturated rings. The maximum atomic E-state index is 12.0. The normalized spacial score (nSPS) is 22.6. The zero-order valence-electron chi connectivity index (χ0n) is 12.2. The maximum Gasteiger partial charge on any atom is 0.341 e. The van der Waals surface area contributed by atoms with E-state index in [1.807, 2.05) is 0 Å². The van der Waals surface area contributed by atoms with Crippen molar-refractivity contribution in [3.8, 4) is 0 Å². The third-order valence-electron chi connectivity index (χ3n) is 3.80. The molecule has 20 heavy (non-hydrogen) atoms. The van der Waals surface area contributed by atoms with Crippen molar-refractivity contribution in [1.29, 1.82) is 0 Å². The van der Waals surface area contributed by atoms with Gasteiger partial charge in [0.1, 0.15) is 11.4 Å². The van der Waals surface area contributed by atoms with Gasteiger partial charge in [-0.25, -0.2) is 9.78 Å². The molecule has 1 aromatic rings. The van der Waals surface area contributed by atoms with Gasteiger partial charge in [0.15, 0.2) is 0 Å². The highest BCUT2D eigenvalue weighted by Crippen LogP contribution is 2.28. The Morgan fingerprint density at radius 3 is 3.10 bits per heavy atom. The van der Waals surface area contributed by atoms with Gasteiger partial charge in [-0.05, 0) is 37.8 Å². The summed E-state index contributed by atoms with van der Waals surface area (Å²) in [4.78, 5) is 18.6. The number of pyridine rings is 1. The highest BCUT2D eigenvalue weighted by atomic mass is 16.5. The summed E-state index contributed by atoms with van der Waals surface area (Å²) < 4.78 is 5.11. The van der Waals surface area contributed by atoms with E-state index < -0.39 is 0 Å². The van der Waals surface area contributed by atoms with Gasteiger partial charge in [-0.2, -0.15) is 0 Å². The van der Waals surface area contributed by atoms with Crippen LogP contribution in [0, 0.1) is 5.92 Å². The summed E-state index contributed by atoms with van der Waals surface area (Å²) in [6, 6.07) is 3.77. The second kappa shape index (κ2) is 6.70. The molecule has 2 heterocycles. The lowest BCUT2D eigenvalue weighted by atomic mass is 9.92. The largest absolute Gasteiger partial charge is 0.462 e. The summed E-state index contributed by atoms with van der Waals surface area (Å²) in [6.07, 6.45) is 3.84. The van der Waals surface area contributed by atoms with E-state index in [0.717, 1.165) is 19.4 Å². The Labute approximate surface area is 120 Å². The lowest BCUT2D eigenvalue weighted by Crippen LogP contribution is -2.47. The van der Waals surface area contributed by atoms with Crippen molar-refractivity contribution in [2.75, 3.05) is 24.6 Å². The van der Waals surface area contributed by atoms with Crippen molar-refractivity contribution in [2.24, 2.45) is 11.7 Å². The molecule has 0 saturated carbocycles. The minimum atomic E-state index is -0.315. The summed E-state index contributed by atoms with van der Waals surface area (Å²) in [5.74, 6) is 1.05. The van der Waals surface area contributed by atoms with Crippen LogP contribution in [-0.4, -0.2) is 36.7 Å². The number of carbonyl (C=O) groups excluding carboxylic acids is 1. The molecule has 110 valence electrons. The molecule has 2 unspecified atom stereocenters. The molecule has 5 nitrogen and oxygen atoms in total. The first-order valence-electron chi connectivity index (χ1n) is 7.26. The van der Waals surface area contributed by atoms with Crippen LogP contribution < -0.4 is 10.6 Å². The lowest BCUT2D eigenvalue weighted by molar-refractivity contribution is 0.0526. The standard InChI is InChI=1S/C15H23N3O2/c1-3-20-15(19)13-5-4-7-17-14(13)18-8-6-11(2)9-12(18)10-16/h4-5,7,11-12H,3,6,8-10,16H2,1-2H3. The first kappa shape index (κ1) is 14.8. The molecule has 2 N–H and O–H groups in total. The highest BCUT2D eigenvalue weighted by Gasteiger charge is 2.29. The number of nitrogens with zero attached hydrogens (tertiary/aromatic N) is 2. The van der Waals surface area contributed by atoms with E-state index in [9.17, 15) is 4.79 Å². The Kier molecular flexibility index (Phi) is 4.95. The molecule has 0 amide bonds. The van der Waals surface area contributed by atoms with Gasteiger partial charge in [0.25, 0.3) is 0 Å². The van der Waals surface area contributed by atoms with E-state index in [4.69, 9.17) is 10.5 Å². The Balaban J connectivity index is 2.29. The number of piperidine rings is 1. The number of esters is 1. The molecule has 1 aliphatic rings. The first-order valence-corrected chi connectivity index (χ1v) is 7.26. The van der Waals surface area contributed by atoms with Gasteiger partial charge in [-0.15, -0.1) is 0 Å². The summed E-state index contributed by atoms with van der Waals surface area (Å²) in [6.45, 7) is 5.87. The second-order valence-electron chi connectivity index (χ2n) is 5.31. The van der Waals surface area contributed by atoms with Gasteiger partial charge in [0.2, 0.25) is 0 Å². The van der Waals surface area contributed by atoms with E-state index in [1.54, 1.807) is 25.3 Å². The van der Waals surface area contributed by atoms with E-state index in [1.165, 1.54) is 0 Å². The second-order valence-corrected chi connectivity index (χ2v) is 5.31. The Bertz CT molecular complexity index is 464. The van der Waals surface area contributed by atoms with Crippen LogP contribution in [0.4, 0.5) is 5.82 Å². The van der Waals surface area contributed by atoms with Crippen LogP contribution in [0.15, 0.2) is 18.3 Å². The molecule has 2 atom stereocenters. The minimum absolute atomic E-state index is 0.238. The van der Waals surface area contributed by atoms with Gasteiger partial charge in [0.05, 0.1) is 6.61 Å². The molecular formula is C15H23N3O2. The number of anilines is 1. The molecule has 0 spiro atoms. The van der Waals surface area contributed by atoms with Crippen molar-refractivity contribution in [2.45, 2.75) is 32.7 Å². The van der Waals surface area contributed by atoms with Crippen LogP contribution in [0.1, 0.15) is 37.0 Å². The van der Waals surface area contributed by atoms with Crippen LogP contribution in [0.25, 0.3) is 0 Å². The van der Waals surface area contributed by atoms with Gasteiger partial charge in [0, 0.05) is 25.3 Å². The monoisotopic (exact) mass is 277 g/mol. The van der Waals surface area contributed by atoms with Crippen LogP contribution in [0.2, 0.25) is 0 Å². The van der Waals surface area contributed by atoms with Crippen molar-refractivity contribution >= 4 is 11.8 Å². The quantitative estimate of drug-likeness (QED) is 0.850. The first-order chi connectivity index (χ1) is 9.67. The van der Waals surface area contributed by atoms with Crippen LogP contribution >= 0.6 is 0 Å². The fourth-order valence-corrected chi connectivity index (χ4v) is 2.75. The number of hydrogen-bond donors (Lipinski definition) is 1. The van der Waals surface area contributed by atoms with E-state index >= 15 is 0 Å². The van der Waals surface area contributed by atoms with E-state index in [0.29, 0.717) is 30.5 Å². The van der Waals surface area contributed by atoms with Crippen LogP contribution in [0.3, 0.4) is 0 Å². The molecule has 5 heteroatoms. The van der Waals surface area contributed by atoms with E-state index in [2.05, 4.69) is 16.8 Å². The highest BCUT2D eigenvalue weighted by molar-refractivity contribution is 5.94. The van der Waals surface area contributed by atoms with Crippen molar-refractivity contribution in [1.82, 2.24) is 4.98 Å². The molecular weight excluding hydrogens is 254 g/mol.